The van der Waals surface area contributed by atoms with Gasteiger partial charge in [0.1, 0.15) is 30.1 Å². The molecule has 2 fully saturated rings. The summed E-state index contributed by atoms with van der Waals surface area (Å²) in [6, 6.07) is 4.63. The van der Waals surface area contributed by atoms with E-state index in [4.69, 9.17) is 18.9 Å². The fourth-order valence-electron chi connectivity index (χ4n) is 3.14. The van der Waals surface area contributed by atoms with Crippen LogP contribution in [0.25, 0.3) is 0 Å². The quantitative estimate of drug-likeness (QED) is 0.575. The first-order chi connectivity index (χ1) is 12.7. The second kappa shape index (κ2) is 7.39. The first-order valence-corrected chi connectivity index (χ1v) is 8.50. The lowest BCUT2D eigenvalue weighted by atomic mass is 9.95. The molecule has 148 valence electrons. The van der Waals surface area contributed by atoms with Crippen LogP contribution in [-0.2, 0) is 19.0 Å². The van der Waals surface area contributed by atoms with Crippen molar-refractivity contribution >= 4 is 11.6 Å². The molecule has 0 unspecified atom stereocenters. The van der Waals surface area contributed by atoms with E-state index in [1.165, 1.54) is 31.2 Å². The van der Waals surface area contributed by atoms with Gasteiger partial charge >= 0.3 is 0 Å². The van der Waals surface area contributed by atoms with Crippen molar-refractivity contribution in [1.82, 2.24) is 5.32 Å². The van der Waals surface area contributed by atoms with Crippen molar-refractivity contribution in [2.45, 2.75) is 57.2 Å². The molecule has 2 saturated heterocycles. The van der Waals surface area contributed by atoms with Crippen LogP contribution in [-0.4, -0.2) is 59.0 Å². The molecule has 5 atom stereocenters. The second-order valence-electron chi connectivity index (χ2n) is 6.93. The average molecular weight is 382 g/mol. The number of aliphatic hydroxyl groups is 1. The summed E-state index contributed by atoms with van der Waals surface area (Å²) in [6.45, 7) is 4.90. The van der Waals surface area contributed by atoms with Gasteiger partial charge in [-0.25, -0.2) is 0 Å². The number of hydrogen-bond donors (Lipinski definition) is 2. The number of benzene rings is 1. The number of nitrogens with zero attached hydrogens (tertiary/aromatic N) is 1. The molecule has 0 radical (unpaired) electrons. The molecule has 1 aromatic rings. The molecule has 27 heavy (non-hydrogen) atoms. The van der Waals surface area contributed by atoms with Crippen LogP contribution in [0.1, 0.15) is 20.8 Å². The zero-order chi connectivity index (χ0) is 19.8. The Labute approximate surface area is 155 Å². The second-order valence-corrected chi connectivity index (χ2v) is 6.93. The standard InChI is InChI=1S/C17H22N2O8/c1-9(20)18-13-14(21)15-12(8-24-17(2,3)27-15)26-16(13)25-11-6-4-5-10(7-11)19(22)23/h4-7,12-16,21H,8H2,1-3H3,(H,18,20)/t12-,13+,14+,15+,16-/m1/s1. The molecule has 3 rings (SSSR count). The van der Waals surface area contributed by atoms with Crippen molar-refractivity contribution < 1.29 is 33.8 Å². The normalized spacial score (nSPS) is 32.2. The number of nitro benzene ring substituents is 1. The van der Waals surface area contributed by atoms with Gasteiger partial charge in [0.25, 0.3) is 5.69 Å². The molecule has 10 heteroatoms. The van der Waals surface area contributed by atoms with Gasteiger partial charge in [0.15, 0.2) is 5.79 Å². The van der Waals surface area contributed by atoms with Gasteiger partial charge in [-0.2, -0.15) is 0 Å². The van der Waals surface area contributed by atoms with Gasteiger partial charge in [-0.15, -0.1) is 0 Å². The molecule has 0 aliphatic carbocycles. The lowest BCUT2D eigenvalue weighted by molar-refractivity contribution is -0.385. The number of ether oxygens (including phenoxy) is 4. The van der Waals surface area contributed by atoms with E-state index in [9.17, 15) is 20.0 Å². The summed E-state index contributed by atoms with van der Waals surface area (Å²) in [5.74, 6) is -1.12. The van der Waals surface area contributed by atoms with E-state index >= 15 is 0 Å². The maximum absolute atomic E-state index is 11.6. The molecule has 2 heterocycles. The van der Waals surface area contributed by atoms with E-state index in [1.54, 1.807) is 13.8 Å². The minimum atomic E-state index is -1.13. The number of nitrogens with one attached hydrogen (secondary N) is 1. The van der Waals surface area contributed by atoms with Crippen LogP contribution in [0.15, 0.2) is 24.3 Å². The Morgan fingerprint density at radius 2 is 2.19 bits per heavy atom. The molecule has 0 aromatic heterocycles. The third kappa shape index (κ3) is 4.35. The van der Waals surface area contributed by atoms with Crippen LogP contribution in [0.5, 0.6) is 5.75 Å². The fraction of sp³-hybridized carbons (Fsp3) is 0.588. The Bertz CT molecular complexity index is 725. The summed E-state index contributed by atoms with van der Waals surface area (Å²) in [5.41, 5.74) is -0.149. The van der Waals surface area contributed by atoms with Gasteiger partial charge in [-0.3, -0.25) is 14.9 Å². The maximum Gasteiger partial charge on any atom is 0.273 e. The van der Waals surface area contributed by atoms with Crippen LogP contribution >= 0.6 is 0 Å². The van der Waals surface area contributed by atoms with Crippen LogP contribution < -0.4 is 10.1 Å². The molecule has 1 amide bonds. The molecule has 0 spiro atoms. The number of nitro groups is 1. The van der Waals surface area contributed by atoms with Gasteiger partial charge in [0.05, 0.1) is 17.6 Å². The number of carbonyl (C=O) groups is 1. The highest BCUT2D eigenvalue weighted by Crippen LogP contribution is 2.33. The Kier molecular flexibility index (Phi) is 5.33. The van der Waals surface area contributed by atoms with Crippen molar-refractivity contribution in [2.75, 3.05) is 6.61 Å². The van der Waals surface area contributed by atoms with Crippen LogP contribution in [0.4, 0.5) is 5.69 Å². The van der Waals surface area contributed by atoms with Crippen LogP contribution in [0.2, 0.25) is 0 Å². The highest BCUT2D eigenvalue weighted by atomic mass is 16.8. The predicted molar refractivity (Wildman–Crippen MR) is 90.9 cm³/mol. The topological polar surface area (TPSA) is 129 Å². The zero-order valence-electron chi connectivity index (χ0n) is 15.2. The van der Waals surface area contributed by atoms with E-state index in [1.807, 2.05) is 0 Å². The third-order valence-corrected chi connectivity index (χ3v) is 4.34. The molecule has 2 aliphatic rings. The monoisotopic (exact) mass is 382 g/mol. The Balaban J connectivity index is 1.83. The van der Waals surface area contributed by atoms with Crippen molar-refractivity contribution in [3.8, 4) is 5.75 Å². The lowest BCUT2D eigenvalue weighted by Crippen LogP contribution is -2.69. The zero-order valence-corrected chi connectivity index (χ0v) is 15.2. The van der Waals surface area contributed by atoms with E-state index in [0.717, 1.165) is 0 Å². The highest BCUT2D eigenvalue weighted by molar-refractivity contribution is 5.73. The smallest absolute Gasteiger partial charge is 0.273 e. The Morgan fingerprint density at radius 1 is 1.44 bits per heavy atom. The van der Waals surface area contributed by atoms with E-state index in [0.29, 0.717) is 0 Å². The minimum absolute atomic E-state index is 0.149. The first-order valence-electron chi connectivity index (χ1n) is 8.50. The van der Waals surface area contributed by atoms with Crippen LogP contribution in [0, 0.1) is 10.1 Å². The summed E-state index contributed by atoms with van der Waals surface area (Å²) in [6.07, 6.45) is -3.56. The summed E-state index contributed by atoms with van der Waals surface area (Å²) < 4.78 is 22.9. The predicted octanol–water partition coefficient (Wildman–Crippen LogP) is 0.716. The summed E-state index contributed by atoms with van der Waals surface area (Å²) in [4.78, 5) is 22.0. The van der Waals surface area contributed by atoms with Gasteiger partial charge < -0.3 is 29.4 Å². The van der Waals surface area contributed by atoms with E-state index in [2.05, 4.69) is 5.32 Å². The van der Waals surface area contributed by atoms with Crippen molar-refractivity contribution in [3.63, 3.8) is 0 Å². The SMILES string of the molecule is CC(=O)N[C@@H]1[C@H](Oc2cccc([N+](=O)[O-])c2)O[C@@H]2COC(C)(C)O[C@@H]2[C@H]1O. The number of carbonyl (C=O) groups excluding carboxylic acids is 1. The molecule has 1 aromatic carbocycles. The molecule has 2 aliphatic heterocycles. The number of hydrogen-bond acceptors (Lipinski definition) is 8. The molecule has 10 nitrogen and oxygen atoms in total. The number of aliphatic hydroxyl groups excluding tert-OH is 1. The average Bonchev–Trinajstić information content (AvgIpc) is 2.59. The van der Waals surface area contributed by atoms with Crippen molar-refractivity contribution in [1.29, 1.82) is 0 Å². The lowest BCUT2D eigenvalue weighted by Gasteiger charge is -2.49. The number of non-ortho nitro benzene ring substituents is 1. The van der Waals surface area contributed by atoms with Crippen molar-refractivity contribution in [3.05, 3.63) is 34.4 Å². The van der Waals surface area contributed by atoms with E-state index < -0.39 is 41.4 Å². The van der Waals surface area contributed by atoms with Crippen LogP contribution in [0.3, 0.4) is 0 Å². The fourth-order valence-corrected chi connectivity index (χ4v) is 3.14. The minimum Gasteiger partial charge on any atom is -0.462 e. The highest BCUT2D eigenvalue weighted by Gasteiger charge is 2.52. The maximum atomic E-state index is 11.6. The molecule has 0 saturated carbocycles. The Morgan fingerprint density at radius 3 is 2.85 bits per heavy atom. The first kappa shape index (κ1) is 19.5. The van der Waals surface area contributed by atoms with E-state index in [-0.39, 0.29) is 24.0 Å². The molecular formula is C17H22N2O8. The third-order valence-electron chi connectivity index (χ3n) is 4.34. The van der Waals surface area contributed by atoms with Gasteiger partial charge in [-0.05, 0) is 19.9 Å². The summed E-state index contributed by atoms with van der Waals surface area (Å²) in [7, 11) is 0. The molecule has 0 bridgehead atoms. The largest absolute Gasteiger partial charge is 0.462 e. The Hall–Kier alpha value is -2.27. The summed E-state index contributed by atoms with van der Waals surface area (Å²) in [5, 5.41) is 24.3. The molecule has 2 N–H and O–H groups in total. The van der Waals surface area contributed by atoms with Gasteiger partial charge in [0, 0.05) is 13.0 Å². The number of amides is 1. The van der Waals surface area contributed by atoms with Gasteiger partial charge in [-0.1, -0.05) is 6.07 Å². The number of rotatable bonds is 4. The summed E-state index contributed by atoms with van der Waals surface area (Å²) >= 11 is 0. The molecular weight excluding hydrogens is 360 g/mol. The van der Waals surface area contributed by atoms with Crippen molar-refractivity contribution in [2.24, 2.45) is 0 Å². The number of fused-ring (bicyclic) bond motifs is 1. The van der Waals surface area contributed by atoms with Gasteiger partial charge in [0.2, 0.25) is 12.2 Å².